The number of piperidine rings is 1. The normalized spacial score (nSPS) is 23.0. The molecular formula is C30H32FN5O5S. The highest BCUT2D eigenvalue weighted by molar-refractivity contribution is 7.89. The number of esters is 1. The van der Waals surface area contributed by atoms with Gasteiger partial charge in [-0.15, -0.1) is 0 Å². The summed E-state index contributed by atoms with van der Waals surface area (Å²) in [6, 6.07) is 9.38. The molecule has 10 nitrogen and oxygen atoms in total. The van der Waals surface area contributed by atoms with Crippen molar-refractivity contribution in [2.75, 3.05) is 44.3 Å². The molecule has 0 unspecified atom stereocenters. The van der Waals surface area contributed by atoms with E-state index in [1.54, 1.807) is 35.1 Å². The lowest BCUT2D eigenvalue weighted by atomic mass is 9.68. The number of carbonyl (C=O) groups is 1. The fourth-order valence-corrected chi connectivity index (χ4v) is 7.63. The highest BCUT2D eigenvalue weighted by Crippen LogP contribution is 2.47. The molecule has 0 N–H and O–H groups in total. The van der Waals surface area contributed by atoms with Crippen LogP contribution in [0.15, 0.2) is 59.3 Å². The Kier molecular flexibility index (Phi) is 6.87. The van der Waals surface area contributed by atoms with E-state index >= 15 is 0 Å². The molecule has 7 rings (SSSR count). The predicted octanol–water partition coefficient (Wildman–Crippen LogP) is 3.36. The molecule has 220 valence electrons. The Labute approximate surface area is 243 Å². The summed E-state index contributed by atoms with van der Waals surface area (Å²) in [4.78, 5) is 20.5. The lowest BCUT2D eigenvalue weighted by Crippen LogP contribution is -2.54. The summed E-state index contributed by atoms with van der Waals surface area (Å²) >= 11 is 0. The number of anilines is 1. The molecule has 12 heteroatoms. The van der Waals surface area contributed by atoms with Gasteiger partial charge in [0.25, 0.3) is 0 Å². The Morgan fingerprint density at radius 3 is 2.52 bits per heavy atom. The average Bonchev–Trinajstić information content (AvgIpc) is 3.40. The van der Waals surface area contributed by atoms with Crippen molar-refractivity contribution >= 4 is 27.9 Å². The van der Waals surface area contributed by atoms with Gasteiger partial charge in [-0.05, 0) is 85.7 Å². The number of ether oxygens (including phenoxy) is 2. The molecule has 1 aromatic carbocycles. The number of morpholine rings is 1. The summed E-state index contributed by atoms with van der Waals surface area (Å²) in [5.41, 5.74) is 1.99. The van der Waals surface area contributed by atoms with Gasteiger partial charge in [0, 0.05) is 32.4 Å². The van der Waals surface area contributed by atoms with Crippen molar-refractivity contribution in [2.45, 2.75) is 43.1 Å². The van der Waals surface area contributed by atoms with Crippen molar-refractivity contribution in [3.05, 3.63) is 71.4 Å². The summed E-state index contributed by atoms with van der Waals surface area (Å²) < 4.78 is 55.9. The number of carbonyl (C=O) groups excluding carboxylic acids is 1. The number of nitrogens with zero attached hydrogens (tertiary/aromatic N) is 5. The Hall–Kier alpha value is -3.61. The summed E-state index contributed by atoms with van der Waals surface area (Å²) in [7, 11) is -3.93. The number of hydrogen-bond acceptors (Lipinski definition) is 8. The molecular weight excluding hydrogens is 561 g/mol. The second-order valence-corrected chi connectivity index (χ2v) is 13.3. The molecule has 2 aromatic heterocycles. The summed E-state index contributed by atoms with van der Waals surface area (Å²) in [6.45, 7) is 2.80. The maximum Gasteiger partial charge on any atom is 0.318 e. The highest BCUT2D eigenvalue weighted by atomic mass is 32.2. The third kappa shape index (κ3) is 4.71. The topological polar surface area (TPSA) is 107 Å². The molecule has 42 heavy (non-hydrogen) atoms. The third-order valence-corrected chi connectivity index (χ3v) is 10.7. The SMILES string of the molecule is O=C(OC1CCC1)[C@]12Cc3cnn(-c4ccc(F)cc4)c3C=C1CCN(S(=O)(=O)c1ccc(N3CCOCC3)nc1)C2. The van der Waals surface area contributed by atoms with Crippen LogP contribution in [0.2, 0.25) is 0 Å². The van der Waals surface area contributed by atoms with E-state index in [0.717, 1.165) is 36.1 Å². The van der Waals surface area contributed by atoms with Gasteiger partial charge in [-0.3, -0.25) is 4.79 Å². The predicted molar refractivity (Wildman–Crippen MR) is 152 cm³/mol. The first-order chi connectivity index (χ1) is 20.3. The van der Waals surface area contributed by atoms with Crippen LogP contribution in [-0.2, 0) is 30.7 Å². The maximum atomic E-state index is 13.9. The minimum absolute atomic E-state index is 0.0287. The van der Waals surface area contributed by atoms with Gasteiger partial charge in [0.1, 0.15) is 28.0 Å². The van der Waals surface area contributed by atoms with Crippen molar-refractivity contribution < 1.29 is 27.1 Å². The second kappa shape index (κ2) is 10.6. The zero-order valence-electron chi connectivity index (χ0n) is 23.1. The molecule has 3 aromatic rings. The monoisotopic (exact) mass is 593 g/mol. The lowest BCUT2D eigenvalue weighted by molar-refractivity contribution is -0.164. The van der Waals surface area contributed by atoms with E-state index in [1.165, 1.54) is 22.6 Å². The Morgan fingerprint density at radius 1 is 1.05 bits per heavy atom. The number of benzene rings is 1. The van der Waals surface area contributed by atoms with E-state index in [0.29, 0.717) is 44.2 Å². The number of aromatic nitrogens is 3. The number of pyridine rings is 1. The van der Waals surface area contributed by atoms with Crippen LogP contribution in [0, 0.1) is 11.2 Å². The molecule has 3 fully saturated rings. The van der Waals surface area contributed by atoms with E-state index in [4.69, 9.17) is 9.47 Å². The molecule has 2 aliphatic heterocycles. The average molecular weight is 594 g/mol. The van der Waals surface area contributed by atoms with Crippen LogP contribution in [0.1, 0.15) is 36.9 Å². The fourth-order valence-electron chi connectivity index (χ4n) is 6.19. The number of hydrogen-bond donors (Lipinski definition) is 0. The van der Waals surface area contributed by atoms with E-state index in [9.17, 15) is 17.6 Å². The highest BCUT2D eigenvalue weighted by Gasteiger charge is 2.52. The number of halogens is 1. The summed E-state index contributed by atoms with van der Waals surface area (Å²) in [5.74, 6) is -0.0191. The molecule has 0 spiro atoms. The Morgan fingerprint density at radius 2 is 1.83 bits per heavy atom. The van der Waals surface area contributed by atoms with Crippen LogP contribution in [0.4, 0.5) is 10.2 Å². The first kappa shape index (κ1) is 27.2. The van der Waals surface area contributed by atoms with E-state index in [2.05, 4.69) is 15.0 Å². The zero-order chi connectivity index (χ0) is 28.9. The van der Waals surface area contributed by atoms with Gasteiger partial charge in [0.2, 0.25) is 10.0 Å². The standard InChI is InChI=1S/C30H32FN5O5S/c31-23-4-6-24(7-5-23)36-27-16-22-10-11-35(20-30(22,17-21(27)18-33-36)29(37)41-25-2-1-3-25)42(38,39)26-8-9-28(32-19-26)34-12-14-40-15-13-34/h4-9,16,18-19,25H,1-3,10-15,17,20H2/t30-/m0/s1. The van der Waals surface area contributed by atoms with Crippen LogP contribution in [0.5, 0.6) is 0 Å². The smallest absolute Gasteiger partial charge is 0.318 e. The molecule has 1 atom stereocenters. The first-order valence-electron chi connectivity index (χ1n) is 14.4. The van der Waals surface area contributed by atoms with Crippen LogP contribution < -0.4 is 4.90 Å². The summed E-state index contributed by atoms with van der Waals surface area (Å²) in [6.07, 6.45) is 8.18. The van der Waals surface area contributed by atoms with Gasteiger partial charge in [-0.25, -0.2) is 22.5 Å². The van der Waals surface area contributed by atoms with Crippen LogP contribution in [0.3, 0.4) is 0 Å². The van der Waals surface area contributed by atoms with Gasteiger partial charge in [-0.1, -0.05) is 0 Å². The van der Waals surface area contributed by atoms with Crippen molar-refractivity contribution in [3.8, 4) is 5.69 Å². The van der Waals surface area contributed by atoms with Gasteiger partial charge in [-0.2, -0.15) is 9.40 Å². The second-order valence-electron chi connectivity index (χ2n) is 11.4. The van der Waals surface area contributed by atoms with Crippen LogP contribution >= 0.6 is 0 Å². The number of fused-ring (bicyclic) bond motifs is 2. The molecule has 0 radical (unpaired) electrons. The Balaban J connectivity index is 1.20. The molecule has 2 aliphatic carbocycles. The molecule has 1 saturated carbocycles. The van der Waals surface area contributed by atoms with Crippen molar-refractivity contribution in [3.63, 3.8) is 0 Å². The third-order valence-electron chi connectivity index (χ3n) is 8.86. The first-order valence-corrected chi connectivity index (χ1v) is 15.8. The Bertz CT molecular complexity index is 1630. The van der Waals surface area contributed by atoms with Gasteiger partial charge < -0.3 is 14.4 Å². The molecule has 4 heterocycles. The molecule has 4 aliphatic rings. The van der Waals surface area contributed by atoms with Crippen molar-refractivity contribution in [1.29, 1.82) is 0 Å². The van der Waals surface area contributed by atoms with Crippen molar-refractivity contribution in [2.24, 2.45) is 5.41 Å². The maximum absolute atomic E-state index is 13.9. The lowest BCUT2D eigenvalue weighted by Gasteiger charge is -2.45. The van der Waals surface area contributed by atoms with E-state index < -0.39 is 15.4 Å². The minimum atomic E-state index is -3.93. The minimum Gasteiger partial charge on any atom is -0.462 e. The molecule has 0 amide bonds. The summed E-state index contributed by atoms with van der Waals surface area (Å²) in [5, 5.41) is 4.54. The zero-order valence-corrected chi connectivity index (χ0v) is 23.9. The van der Waals surface area contributed by atoms with Crippen LogP contribution in [0.25, 0.3) is 11.8 Å². The van der Waals surface area contributed by atoms with Gasteiger partial charge >= 0.3 is 5.97 Å². The van der Waals surface area contributed by atoms with Gasteiger partial charge in [0.15, 0.2) is 0 Å². The number of sulfonamides is 1. The molecule has 2 saturated heterocycles. The molecule has 0 bridgehead atoms. The quantitative estimate of drug-likeness (QED) is 0.401. The van der Waals surface area contributed by atoms with Crippen LogP contribution in [-0.4, -0.2) is 79.0 Å². The number of rotatable bonds is 6. The fraction of sp³-hybridized carbons (Fsp3) is 0.433. The van der Waals surface area contributed by atoms with E-state index in [1.807, 2.05) is 6.08 Å². The largest absolute Gasteiger partial charge is 0.462 e. The van der Waals surface area contributed by atoms with E-state index in [-0.39, 0.29) is 42.3 Å². The van der Waals surface area contributed by atoms with Gasteiger partial charge in [0.05, 0.1) is 30.8 Å². The van der Waals surface area contributed by atoms with Crippen molar-refractivity contribution in [1.82, 2.24) is 19.1 Å².